The van der Waals surface area contributed by atoms with E-state index in [0.717, 1.165) is 11.0 Å². The highest BCUT2D eigenvalue weighted by molar-refractivity contribution is 5.81. The fraction of sp³-hybridized carbons (Fsp3) is 0.467. The van der Waals surface area contributed by atoms with Gasteiger partial charge in [0.1, 0.15) is 6.54 Å². The van der Waals surface area contributed by atoms with E-state index in [0.29, 0.717) is 6.54 Å². The number of hydrogen-bond acceptors (Lipinski definition) is 2. The van der Waals surface area contributed by atoms with Gasteiger partial charge in [-0.25, -0.2) is 4.79 Å². The molecular weight excluding hydrogens is 254 g/mol. The summed E-state index contributed by atoms with van der Waals surface area (Å²) in [6.45, 7) is 6.52. The standard InChI is InChI=1S/C15H21N3O2/c1-5-17-12-8-6-7-9-13(12)18(15(17)20)10-14(19)16(4)11(2)3/h6-9,11H,5,10H2,1-4H3. The van der Waals surface area contributed by atoms with Crippen molar-refractivity contribution in [1.82, 2.24) is 14.0 Å². The molecule has 5 nitrogen and oxygen atoms in total. The fourth-order valence-electron chi connectivity index (χ4n) is 2.27. The molecule has 0 fully saturated rings. The van der Waals surface area contributed by atoms with E-state index in [9.17, 15) is 9.59 Å². The first kappa shape index (κ1) is 14.4. The number of aromatic nitrogens is 2. The molecule has 0 spiro atoms. The lowest BCUT2D eigenvalue weighted by Gasteiger charge is -2.21. The van der Waals surface area contributed by atoms with Gasteiger partial charge in [-0.15, -0.1) is 0 Å². The molecule has 0 atom stereocenters. The molecule has 0 saturated carbocycles. The maximum Gasteiger partial charge on any atom is 0.329 e. The minimum Gasteiger partial charge on any atom is -0.342 e. The van der Waals surface area contributed by atoms with Gasteiger partial charge < -0.3 is 4.90 Å². The average Bonchev–Trinajstić information content (AvgIpc) is 2.70. The van der Waals surface area contributed by atoms with Crippen LogP contribution in [0.4, 0.5) is 0 Å². The number of para-hydroxylation sites is 2. The number of imidazole rings is 1. The number of carbonyl (C=O) groups is 1. The minimum atomic E-state index is -0.126. The van der Waals surface area contributed by atoms with Crippen molar-refractivity contribution < 1.29 is 4.79 Å². The van der Waals surface area contributed by atoms with Crippen molar-refractivity contribution in [3.8, 4) is 0 Å². The molecule has 0 bridgehead atoms. The van der Waals surface area contributed by atoms with Crippen molar-refractivity contribution in [3.05, 3.63) is 34.7 Å². The average molecular weight is 275 g/mol. The third kappa shape index (κ3) is 2.35. The van der Waals surface area contributed by atoms with Gasteiger partial charge in [0.05, 0.1) is 11.0 Å². The Kier molecular flexibility index (Phi) is 3.97. The first-order valence-electron chi connectivity index (χ1n) is 6.91. The van der Waals surface area contributed by atoms with E-state index < -0.39 is 0 Å². The predicted octanol–water partition coefficient (Wildman–Crippen LogP) is 1.69. The van der Waals surface area contributed by atoms with Crippen LogP contribution >= 0.6 is 0 Å². The van der Waals surface area contributed by atoms with Crippen LogP contribution < -0.4 is 5.69 Å². The maximum absolute atomic E-state index is 12.4. The number of amides is 1. The highest BCUT2D eigenvalue weighted by atomic mass is 16.2. The smallest absolute Gasteiger partial charge is 0.329 e. The summed E-state index contributed by atoms with van der Waals surface area (Å²) < 4.78 is 3.25. The molecule has 108 valence electrons. The molecule has 0 unspecified atom stereocenters. The second kappa shape index (κ2) is 5.53. The molecule has 0 radical (unpaired) electrons. The normalized spacial score (nSPS) is 11.2. The van der Waals surface area contributed by atoms with Gasteiger partial charge in [0.25, 0.3) is 0 Å². The van der Waals surface area contributed by atoms with Crippen LogP contribution in [0.25, 0.3) is 11.0 Å². The lowest BCUT2D eigenvalue weighted by atomic mass is 10.3. The van der Waals surface area contributed by atoms with Gasteiger partial charge in [-0.2, -0.15) is 0 Å². The molecule has 0 aliphatic carbocycles. The number of fused-ring (bicyclic) bond motifs is 1. The monoisotopic (exact) mass is 275 g/mol. The minimum absolute atomic E-state index is 0.0545. The van der Waals surface area contributed by atoms with E-state index >= 15 is 0 Å². The predicted molar refractivity (Wildman–Crippen MR) is 79.8 cm³/mol. The Balaban J connectivity index is 2.48. The maximum atomic E-state index is 12.4. The number of nitrogens with zero attached hydrogens (tertiary/aromatic N) is 3. The Morgan fingerprint density at radius 3 is 2.25 bits per heavy atom. The van der Waals surface area contributed by atoms with Gasteiger partial charge in [0.2, 0.25) is 5.91 Å². The summed E-state index contributed by atoms with van der Waals surface area (Å²) in [5.74, 6) is -0.0545. The van der Waals surface area contributed by atoms with Crippen molar-refractivity contribution >= 4 is 16.9 Å². The van der Waals surface area contributed by atoms with E-state index in [-0.39, 0.29) is 24.2 Å². The quantitative estimate of drug-likeness (QED) is 0.852. The van der Waals surface area contributed by atoms with Crippen LogP contribution in [0.2, 0.25) is 0 Å². The lowest BCUT2D eigenvalue weighted by Crippen LogP contribution is -2.38. The summed E-state index contributed by atoms with van der Waals surface area (Å²) in [4.78, 5) is 26.3. The summed E-state index contributed by atoms with van der Waals surface area (Å²) in [5, 5.41) is 0. The Hall–Kier alpha value is -2.04. The first-order chi connectivity index (χ1) is 9.47. The van der Waals surface area contributed by atoms with Crippen LogP contribution in [0.5, 0.6) is 0 Å². The van der Waals surface area contributed by atoms with Crippen molar-refractivity contribution in [3.63, 3.8) is 0 Å². The summed E-state index contributed by atoms with van der Waals surface area (Å²) in [6, 6.07) is 7.70. The molecule has 5 heteroatoms. The van der Waals surface area contributed by atoms with E-state index in [2.05, 4.69) is 0 Å². The molecule has 1 heterocycles. The summed E-state index contributed by atoms with van der Waals surface area (Å²) >= 11 is 0. The summed E-state index contributed by atoms with van der Waals surface area (Å²) in [6.07, 6.45) is 0. The Morgan fingerprint density at radius 1 is 1.20 bits per heavy atom. The molecule has 2 aromatic rings. The number of likely N-dealkylation sites (N-methyl/N-ethyl adjacent to an activating group) is 1. The first-order valence-corrected chi connectivity index (χ1v) is 6.91. The van der Waals surface area contributed by atoms with Gasteiger partial charge in [0.15, 0.2) is 0 Å². The van der Waals surface area contributed by atoms with E-state index in [1.807, 2.05) is 45.0 Å². The molecule has 20 heavy (non-hydrogen) atoms. The largest absolute Gasteiger partial charge is 0.342 e. The molecule has 0 aliphatic heterocycles. The lowest BCUT2D eigenvalue weighted by molar-refractivity contribution is -0.131. The van der Waals surface area contributed by atoms with Crippen LogP contribution in [0.15, 0.2) is 29.1 Å². The van der Waals surface area contributed by atoms with Gasteiger partial charge in [0, 0.05) is 19.6 Å². The van der Waals surface area contributed by atoms with E-state index in [1.165, 1.54) is 0 Å². The number of hydrogen-bond donors (Lipinski definition) is 0. The molecule has 0 aliphatic rings. The third-order valence-corrected chi connectivity index (χ3v) is 3.70. The Bertz CT molecular complexity index is 682. The number of carbonyl (C=O) groups excluding carboxylic acids is 1. The second-order valence-electron chi connectivity index (χ2n) is 5.20. The van der Waals surface area contributed by atoms with E-state index in [1.54, 1.807) is 21.1 Å². The SMILES string of the molecule is CCn1c(=O)n(CC(=O)N(C)C(C)C)c2ccccc21. The number of rotatable bonds is 4. The molecule has 1 aromatic carbocycles. The summed E-state index contributed by atoms with van der Waals surface area (Å²) in [5.41, 5.74) is 1.56. The van der Waals surface area contributed by atoms with Crippen molar-refractivity contribution in [2.75, 3.05) is 7.05 Å². The molecule has 1 aromatic heterocycles. The van der Waals surface area contributed by atoms with Crippen molar-refractivity contribution in [2.24, 2.45) is 0 Å². The van der Waals surface area contributed by atoms with Crippen molar-refractivity contribution in [2.45, 2.75) is 39.9 Å². The molecule has 1 amide bonds. The van der Waals surface area contributed by atoms with E-state index in [4.69, 9.17) is 0 Å². The van der Waals surface area contributed by atoms with Crippen LogP contribution in [-0.2, 0) is 17.9 Å². The third-order valence-electron chi connectivity index (χ3n) is 3.70. The zero-order chi connectivity index (χ0) is 14.9. The molecular formula is C15H21N3O2. The molecule has 0 saturated heterocycles. The van der Waals surface area contributed by atoms with Gasteiger partial charge in [-0.05, 0) is 32.9 Å². The number of benzene rings is 1. The number of aryl methyl sites for hydroxylation is 1. The van der Waals surface area contributed by atoms with Crippen LogP contribution in [0, 0.1) is 0 Å². The van der Waals surface area contributed by atoms with Gasteiger partial charge in [-0.1, -0.05) is 12.1 Å². The van der Waals surface area contributed by atoms with Crippen LogP contribution in [-0.4, -0.2) is 33.0 Å². The summed E-state index contributed by atoms with van der Waals surface area (Å²) in [7, 11) is 1.76. The zero-order valence-corrected chi connectivity index (χ0v) is 12.5. The Labute approximate surface area is 118 Å². The van der Waals surface area contributed by atoms with Crippen molar-refractivity contribution in [1.29, 1.82) is 0 Å². The highest BCUT2D eigenvalue weighted by Crippen LogP contribution is 2.13. The van der Waals surface area contributed by atoms with Crippen LogP contribution in [0.3, 0.4) is 0 Å². The topological polar surface area (TPSA) is 47.2 Å². The Morgan fingerprint density at radius 2 is 1.75 bits per heavy atom. The fourth-order valence-corrected chi connectivity index (χ4v) is 2.27. The second-order valence-corrected chi connectivity index (χ2v) is 5.20. The molecule has 2 rings (SSSR count). The van der Waals surface area contributed by atoms with Gasteiger partial charge >= 0.3 is 5.69 Å². The van der Waals surface area contributed by atoms with Crippen LogP contribution in [0.1, 0.15) is 20.8 Å². The zero-order valence-electron chi connectivity index (χ0n) is 12.5. The highest BCUT2D eigenvalue weighted by Gasteiger charge is 2.17. The van der Waals surface area contributed by atoms with Gasteiger partial charge in [-0.3, -0.25) is 13.9 Å². The molecule has 0 N–H and O–H groups in total.